The molecule has 170 valence electrons. The van der Waals surface area contributed by atoms with Crippen LogP contribution in [0.25, 0.3) is 22.3 Å². The summed E-state index contributed by atoms with van der Waals surface area (Å²) in [6.07, 6.45) is 0.0320. The minimum atomic E-state index is -0.768. The quantitative estimate of drug-likeness (QED) is 0.339. The standard InChI is InChI=1S/C25H24N2O6/c1-5-15-16-10-14(32-24(30)33-25(2,3)4)6-7-19(16)26-22-17(15)11-27-20(22)8-13-9-21(28)31-12-18(13)23(27)29/h6-8,10H,5,9,11-12H2,1-4H3. The maximum Gasteiger partial charge on any atom is 0.514 e. The van der Waals surface area contributed by atoms with Gasteiger partial charge in [0.1, 0.15) is 18.0 Å². The van der Waals surface area contributed by atoms with Gasteiger partial charge in [-0.3, -0.25) is 9.59 Å². The van der Waals surface area contributed by atoms with Crippen LogP contribution in [0.5, 0.6) is 5.75 Å². The van der Waals surface area contributed by atoms with E-state index in [2.05, 4.69) is 0 Å². The SMILES string of the molecule is CCc1c2c(nc3ccc(OC(=O)OC(C)(C)C)cc13)-c1cc3c(c(=O)n1C2)COC(=O)C3. The third-order valence-electron chi connectivity index (χ3n) is 5.88. The van der Waals surface area contributed by atoms with Crippen LogP contribution in [0.15, 0.2) is 29.1 Å². The lowest BCUT2D eigenvalue weighted by atomic mass is 9.98. The van der Waals surface area contributed by atoms with Crippen molar-refractivity contribution in [1.82, 2.24) is 9.55 Å². The Morgan fingerprint density at radius 3 is 2.70 bits per heavy atom. The molecule has 0 bridgehead atoms. The molecule has 0 spiro atoms. The Morgan fingerprint density at radius 1 is 1.18 bits per heavy atom. The minimum Gasteiger partial charge on any atom is -0.460 e. The second-order valence-corrected chi connectivity index (χ2v) is 9.28. The van der Waals surface area contributed by atoms with Gasteiger partial charge in [0, 0.05) is 10.9 Å². The van der Waals surface area contributed by atoms with Crippen LogP contribution in [0.3, 0.4) is 0 Å². The molecule has 2 aliphatic heterocycles. The molecule has 0 unspecified atom stereocenters. The lowest BCUT2D eigenvalue weighted by Crippen LogP contribution is -2.30. The van der Waals surface area contributed by atoms with Gasteiger partial charge in [0.25, 0.3) is 5.56 Å². The van der Waals surface area contributed by atoms with Gasteiger partial charge < -0.3 is 18.8 Å². The molecular weight excluding hydrogens is 424 g/mol. The number of ether oxygens (including phenoxy) is 3. The fourth-order valence-electron chi connectivity index (χ4n) is 4.49. The average Bonchev–Trinajstić information content (AvgIpc) is 3.09. The summed E-state index contributed by atoms with van der Waals surface area (Å²) < 4.78 is 17.4. The predicted molar refractivity (Wildman–Crippen MR) is 120 cm³/mol. The summed E-state index contributed by atoms with van der Waals surface area (Å²) in [4.78, 5) is 41.8. The Morgan fingerprint density at radius 2 is 1.97 bits per heavy atom. The molecule has 4 heterocycles. The molecule has 0 amide bonds. The molecule has 0 N–H and O–H groups in total. The van der Waals surface area contributed by atoms with E-state index in [1.807, 2.05) is 13.0 Å². The van der Waals surface area contributed by atoms with Crippen molar-refractivity contribution in [3.8, 4) is 17.1 Å². The molecule has 1 aromatic carbocycles. The van der Waals surface area contributed by atoms with Gasteiger partial charge >= 0.3 is 12.1 Å². The van der Waals surface area contributed by atoms with Crippen molar-refractivity contribution in [3.05, 3.63) is 56.9 Å². The maximum atomic E-state index is 13.1. The van der Waals surface area contributed by atoms with Crippen LogP contribution in [0.4, 0.5) is 4.79 Å². The number of carbonyl (C=O) groups excluding carboxylic acids is 2. The van der Waals surface area contributed by atoms with Crippen molar-refractivity contribution in [3.63, 3.8) is 0 Å². The molecule has 0 saturated carbocycles. The molecule has 2 aromatic heterocycles. The van der Waals surface area contributed by atoms with E-state index < -0.39 is 11.8 Å². The Kier molecular flexibility index (Phi) is 4.77. The van der Waals surface area contributed by atoms with Crippen LogP contribution >= 0.6 is 0 Å². The molecule has 0 aliphatic carbocycles. The summed E-state index contributed by atoms with van der Waals surface area (Å²) in [6.45, 7) is 7.77. The van der Waals surface area contributed by atoms with E-state index in [0.717, 1.165) is 27.7 Å². The van der Waals surface area contributed by atoms with Gasteiger partial charge in [-0.15, -0.1) is 0 Å². The number of hydrogen-bond acceptors (Lipinski definition) is 7. The summed E-state index contributed by atoms with van der Waals surface area (Å²) in [5.74, 6) is 0.0373. The molecule has 5 rings (SSSR count). The Hall–Kier alpha value is -3.68. The number of aryl methyl sites for hydroxylation is 1. The van der Waals surface area contributed by atoms with E-state index >= 15 is 0 Å². The summed E-state index contributed by atoms with van der Waals surface area (Å²) in [6, 6.07) is 7.15. The molecule has 0 radical (unpaired) electrons. The number of aromatic nitrogens is 2. The summed E-state index contributed by atoms with van der Waals surface area (Å²) in [5.41, 5.74) is 4.64. The van der Waals surface area contributed by atoms with E-state index in [1.165, 1.54) is 0 Å². The predicted octanol–water partition coefficient (Wildman–Crippen LogP) is 3.90. The smallest absolute Gasteiger partial charge is 0.460 e. The highest BCUT2D eigenvalue weighted by atomic mass is 16.7. The van der Waals surface area contributed by atoms with Crippen molar-refractivity contribution in [2.24, 2.45) is 0 Å². The van der Waals surface area contributed by atoms with Crippen LogP contribution in [0.1, 0.15) is 49.9 Å². The van der Waals surface area contributed by atoms with E-state index in [0.29, 0.717) is 35.5 Å². The second kappa shape index (κ2) is 7.43. The molecule has 33 heavy (non-hydrogen) atoms. The monoisotopic (exact) mass is 448 g/mol. The summed E-state index contributed by atoms with van der Waals surface area (Å²) >= 11 is 0. The van der Waals surface area contributed by atoms with Crippen LogP contribution < -0.4 is 10.3 Å². The Balaban J connectivity index is 1.60. The highest BCUT2D eigenvalue weighted by molar-refractivity contribution is 5.89. The number of nitrogens with zero attached hydrogens (tertiary/aromatic N) is 2. The van der Waals surface area contributed by atoms with Crippen molar-refractivity contribution < 1.29 is 23.8 Å². The third-order valence-corrected chi connectivity index (χ3v) is 5.88. The highest BCUT2D eigenvalue weighted by Crippen LogP contribution is 2.37. The second-order valence-electron chi connectivity index (χ2n) is 9.28. The Labute approximate surface area is 190 Å². The van der Waals surface area contributed by atoms with Crippen LogP contribution in [-0.4, -0.2) is 27.3 Å². The molecule has 3 aromatic rings. The van der Waals surface area contributed by atoms with Gasteiger partial charge in [-0.1, -0.05) is 6.92 Å². The first-order valence-electron chi connectivity index (χ1n) is 10.9. The van der Waals surface area contributed by atoms with Crippen molar-refractivity contribution in [1.29, 1.82) is 0 Å². The van der Waals surface area contributed by atoms with Crippen LogP contribution in [0.2, 0.25) is 0 Å². The number of esters is 1. The number of benzene rings is 1. The maximum absolute atomic E-state index is 13.1. The fraction of sp³-hybridized carbons (Fsp3) is 0.360. The van der Waals surface area contributed by atoms with Gasteiger partial charge in [-0.2, -0.15) is 0 Å². The zero-order valence-corrected chi connectivity index (χ0v) is 19.0. The number of pyridine rings is 2. The van der Waals surface area contributed by atoms with Gasteiger partial charge in [-0.05, 0) is 62.6 Å². The molecule has 2 aliphatic rings. The van der Waals surface area contributed by atoms with Crippen LogP contribution in [-0.2, 0) is 40.3 Å². The van der Waals surface area contributed by atoms with Crippen molar-refractivity contribution in [2.75, 3.05) is 0 Å². The molecule has 8 nitrogen and oxygen atoms in total. The van der Waals surface area contributed by atoms with Gasteiger partial charge in [0.2, 0.25) is 0 Å². The first kappa shape index (κ1) is 21.2. The van der Waals surface area contributed by atoms with Gasteiger partial charge in [-0.25, -0.2) is 9.78 Å². The highest BCUT2D eigenvalue weighted by Gasteiger charge is 2.30. The van der Waals surface area contributed by atoms with Gasteiger partial charge in [0.05, 0.1) is 35.4 Å². The number of hydrogen-bond donors (Lipinski definition) is 0. The molecular formula is C25H24N2O6. The minimum absolute atomic E-state index is 0.00499. The first-order chi connectivity index (χ1) is 15.6. The Bertz CT molecular complexity index is 1400. The first-order valence-corrected chi connectivity index (χ1v) is 10.9. The van der Waals surface area contributed by atoms with E-state index in [1.54, 1.807) is 43.5 Å². The van der Waals surface area contributed by atoms with E-state index in [4.69, 9.17) is 19.2 Å². The van der Waals surface area contributed by atoms with Crippen molar-refractivity contribution in [2.45, 2.75) is 59.3 Å². The number of cyclic esters (lactones) is 1. The van der Waals surface area contributed by atoms with Gasteiger partial charge in [0.15, 0.2) is 0 Å². The lowest BCUT2D eigenvalue weighted by molar-refractivity contribution is -0.145. The zero-order valence-electron chi connectivity index (χ0n) is 19.0. The molecule has 0 atom stereocenters. The average molecular weight is 448 g/mol. The number of carbonyl (C=O) groups is 2. The van der Waals surface area contributed by atoms with Crippen molar-refractivity contribution >= 4 is 23.0 Å². The fourth-order valence-corrected chi connectivity index (χ4v) is 4.49. The molecule has 8 heteroatoms. The lowest BCUT2D eigenvalue weighted by Gasteiger charge is -2.19. The van der Waals surface area contributed by atoms with E-state index in [-0.39, 0.29) is 24.6 Å². The molecule has 0 fully saturated rings. The normalized spacial score (nSPS) is 14.4. The largest absolute Gasteiger partial charge is 0.514 e. The van der Waals surface area contributed by atoms with E-state index in [9.17, 15) is 14.4 Å². The van der Waals surface area contributed by atoms with Crippen LogP contribution in [0, 0.1) is 0 Å². The summed E-state index contributed by atoms with van der Waals surface area (Å²) in [7, 11) is 0. The topological polar surface area (TPSA) is 96.7 Å². The molecule has 0 saturated heterocycles. The number of fused-ring (bicyclic) bond motifs is 5. The summed E-state index contributed by atoms with van der Waals surface area (Å²) in [5, 5.41) is 0.862. The zero-order chi connectivity index (χ0) is 23.5. The number of rotatable bonds is 2. The third kappa shape index (κ3) is 3.65.